The SMILES string of the molecule is CC(=O)NCCNCc1ccc(OCc2cccc(-c3ccccc3)c2Br)cc1OCc1cccc(C#N)c1. The number of ether oxygens (including phenoxy) is 2. The number of benzene rings is 4. The predicted octanol–water partition coefficient (Wildman–Crippen LogP) is 6.37. The highest BCUT2D eigenvalue weighted by Gasteiger charge is 2.11. The Morgan fingerprint density at radius 2 is 1.69 bits per heavy atom. The summed E-state index contributed by atoms with van der Waals surface area (Å²) in [5.41, 5.74) is 5.76. The summed E-state index contributed by atoms with van der Waals surface area (Å²) in [6, 6.07) is 31.8. The van der Waals surface area contributed by atoms with Gasteiger partial charge in [-0.3, -0.25) is 4.79 Å². The first-order chi connectivity index (χ1) is 19.0. The van der Waals surface area contributed by atoms with Gasteiger partial charge in [0.2, 0.25) is 5.91 Å². The predicted molar refractivity (Wildman–Crippen MR) is 156 cm³/mol. The molecular weight excluding hydrogens is 554 g/mol. The Hall–Kier alpha value is -4.12. The van der Waals surface area contributed by atoms with Crippen molar-refractivity contribution in [3.05, 3.63) is 118 Å². The molecule has 39 heavy (non-hydrogen) atoms. The van der Waals surface area contributed by atoms with Crippen LogP contribution in [0.15, 0.2) is 95.5 Å². The highest BCUT2D eigenvalue weighted by atomic mass is 79.9. The van der Waals surface area contributed by atoms with Crippen LogP contribution in [0.2, 0.25) is 0 Å². The van der Waals surface area contributed by atoms with E-state index in [9.17, 15) is 10.1 Å². The lowest BCUT2D eigenvalue weighted by atomic mass is 10.0. The van der Waals surface area contributed by atoms with Gasteiger partial charge in [0.1, 0.15) is 24.7 Å². The number of carbonyl (C=O) groups is 1. The summed E-state index contributed by atoms with van der Waals surface area (Å²) in [5.74, 6) is 1.33. The van der Waals surface area contributed by atoms with E-state index in [1.165, 1.54) is 6.92 Å². The molecule has 0 radical (unpaired) electrons. The molecule has 0 atom stereocenters. The summed E-state index contributed by atoms with van der Waals surface area (Å²) >= 11 is 3.77. The molecule has 0 spiro atoms. The Labute approximate surface area is 237 Å². The number of rotatable bonds is 12. The fourth-order valence-electron chi connectivity index (χ4n) is 4.04. The van der Waals surface area contributed by atoms with Crippen LogP contribution < -0.4 is 20.1 Å². The number of amides is 1. The van der Waals surface area contributed by atoms with E-state index in [1.807, 2.05) is 66.7 Å². The third-order valence-electron chi connectivity index (χ3n) is 6.04. The molecule has 0 aliphatic rings. The maximum atomic E-state index is 11.1. The van der Waals surface area contributed by atoms with Crippen LogP contribution in [0.5, 0.6) is 11.5 Å². The second kappa shape index (κ2) is 14.1. The minimum Gasteiger partial charge on any atom is -0.489 e. The van der Waals surface area contributed by atoms with Crippen molar-refractivity contribution >= 4 is 21.8 Å². The largest absolute Gasteiger partial charge is 0.489 e. The minimum atomic E-state index is -0.0529. The van der Waals surface area contributed by atoms with E-state index in [4.69, 9.17) is 9.47 Å². The summed E-state index contributed by atoms with van der Waals surface area (Å²) in [7, 11) is 0. The number of hydrogen-bond donors (Lipinski definition) is 2. The molecule has 4 aromatic carbocycles. The molecule has 0 heterocycles. The van der Waals surface area contributed by atoms with Crippen LogP contribution in [-0.4, -0.2) is 19.0 Å². The summed E-state index contributed by atoms with van der Waals surface area (Å²) in [5, 5.41) is 15.3. The average Bonchev–Trinajstić information content (AvgIpc) is 2.96. The Morgan fingerprint density at radius 1 is 0.872 bits per heavy atom. The molecule has 0 aliphatic heterocycles. The van der Waals surface area contributed by atoms with Gasteiger partial charge in [-0.25, -0.2) is 0 Å². The van der Waals surface area contributed by atoms with Crippen LogP contribution in [0, 0.1) is 11.3 Å². The first kappa shape index (κ1) is 27.9. The molecule has 0 unspecified atom stereocenters. The zero-order chi connectivity index (χ0) is 27.5. The number of nitrogens with zero attached hydrogens (tertiary/aromatic N) is 1. The van der Waals surface area contributed by atoms with Crippen molar-refractivity contribution in [2.24, 2.45) is 0 Å². The smallest absolute Gasteiger partial charge is 0.216 e. The third kappa shape index (κ3) is 8.18. The molecule has 0 aromatic heterocycles. The zero-order valence-electron chi connectivity index (χ0n) is 21.7. The fourth-order valence-corrected chi connectivity index (χ4v) is 4.65. The van der Waals surface area contributed by atoms with E-state index in [0.717, 1.165) is 32.3 Å². The average molecular weight is 585 g/mol. The first-order valence-corrected chi connectivity index (χ1v) is 13.5. The van der Waals surface area contributed by atoms with Crippen LogP contribution in [0.25, 0.3) is 11.1 Å². The van der Waals surface area contributed by atoms with Gasteiger partial charge >= 0.3 is 0 Å². The van der Waals surface area contributed by atoms with Crippen molar-refractivity contribution in [1.82, 2.24) is 10.6 Å². The molecule has 2 N–H and O–H groups in total. The summed E-state index contributed by atoms with van der Waals surface area (Å²) in [6.45, 7) is 3.96. The molecular formula is C32H30BrN3O3. The van der Waals surface area contributed by atoms with Crippen LogP contribution >= 0.6 is 15.9 Å². The van der Waals surface area contributed by atoms with Crippen molar-refractivity contribution in [2.75, 3.05) is 13.1 Å². The van der Waals surface area contributed by atoms with E-state index in [-0.39, 0.29) is 5.91 Å². The van der Waals surface area contributed by atoms with Crippen LogP contribution in [0.3, 0.4) is 0 Å². The molecule has 0 saturated carbocycles. The van der Waals surface area contributed by atoms with Gasteiger partial charge in [0.25, 0.3) is 0 Å². The van der Waals surface area contributed by atoms with Crippen molar-refractivity contribution in [3.8, 4) is 28.7 Å². The maximum Gasteiger partial charge on any atom is 0.216 e. The molecule has 1 amide bonds. The Bertz CT molecular complexity index is 1450. The molecule has 0 fully saturated rings. The van der Waals surface area contributed by atoms with Gasteiger partial charge in [-0.1, -0.05) is 66.7 Å². The van der Waals surface area contributed by atoms with Gasteiger partial charge in [-0.2, -0.15) is 5.26 Å². The van der Waals surface area contributed by atoms with Crippen LogP contribution in [0.4, 0.5) is 0 Å². The lowest BCUT2D eigenvalue weighted by molar-refractivity contribution is -0.118. The Kier molecular flexibility index (Phi) is 10.1. The maximum absolute atomic E-state index is 11.1. The van der Waals surface area contributed by atoms with Gasteiger partial charge in [0.15, 0.2) is 0 Å². The van der Waals surface area contributed by atoms with Crippen LogP contribution in [-0.2, 0) is 24.6 Å². The van der Waals surface area contributed by atoms with Crippen molar-refractivity contribution in [2.45, 2.75) is 26.7 Å². The molecule has 6 nitrogen and oxygen atoms in total. The Morgan fingerprint density at radius 3 is 2.49 bits per heavy atom. The van der Waals surface area contributed by atoms with E-state index in [0.29, 0.717) is 49.9 Å². The minimum absolute atomic E-state index is 0.0529. The third-order valence-corrected chi connectivity index (χ3v) is 6.97. The van der Waals surface area contributed by atoms with Gasteiger partial charge in [0, 0.05) is 48.2 Å². The van der Waals surface area contributed by atoms with E-state index < -0.39 is 0 Å². The number of nitriles is 1. The molecule has 4 aromatic rings. The molecule has 0 aliphatic carbocycles. The van der Waals surface area contributed by atoms with Crippen molar-refractivity contribution < 1.29 is 14.3 Å². The van der Waals surface area contributed by atoms with E-state index >= 15 is 0 Å². The van der Waals surface area contributed by atoms with Crippen LogP contribution in [0.1, 0.15) is 29.2 Å². The fraction of sp³-hybridized carbons (Fsp3) is 0.188. The second-order valence-corrected chi connectivity index (χ2v) is 9.76. The second-order valence-electron chi connectivity index (χ2n) is 8.96. The number of halogens is 1. The zero-order valence-corrected chi connectivity index (χ0v) is 23.3. The molecule has 7 heteroatoms. The van der Waals surface area contributed by atoms with Gasteiger partial charge in [-0.15, -0.1) is 0 Å². The molecule has 4 rings (SSSR count). The van der Waals surface area contributed by atoms with Gasteiger partial charge < -0.3 is 20.1 Å². The molecule has 198 valence electrons. The highest BCUT2D eigenvalue weighted by Crippen LogP contribution is 2.32. The normalized spacial score (nSPS) is 10.5. The highest BCUT2D eigenvalue weighted by molar-refractivity contribution is 9.10. The lowest BCUT2D eigenvalue weighted by Crippen LogP contribution is -2.30. The molecule has 0 bridgehead atoms. The number of hydrogen-bond acceptors (Lipinski definition) is 5. The first-order valence-electron chi connectivity index (χ1n) is 12.7. The standard InChI is InChI=1S/C32H30BrN3O3/c1-23(37)36-16-15-35-20-27-13-14-29(18-31(27)39-21-25-8-5-7-24(17-25)19-34)38-22-28-11-6-12-30(32(28)33)26-9-3-2-4-10-26/h2-14,17-18,35H,15-16,20-22H2,1H3,(H,36,37). The topological polar surface area (TPSA) is 83.4 Å². The quantitative estimate of drug-likeness (QED) is 0.189. The summed E-state index contributed by atoms with van der Waals surface area (Å²) < 4.78 is 13.4. The van der Waals surface area contributed by atoms with E-state index in [1.54, 1.807) is 6.07 Å². The van der Waals surface area contributed by atoms with Gasteiger partial charge in [0.05, 0.1) is 11.6 Å². The molecule has 0 saturated heterocycles. The monoisotopic (exact) mass is 583 g/mol. The summed E-state index contributed by atoms with van der Waals surface area (Å²) in [4.78, 5) is 11.1. The number of carbonyl (C=O) groups excluding carboxylic acids is 1. The lowest BCUT2D eigenvalue weighted by Gasteiger charge is -2.16. The summed E-state index contributed by atoms with van der Waals surface area (Å²) in [6.07, 6.45) is 0. The van der Waals surface area contributed by atoms with Gasteiger partial charge in [-0.05, 0) is 50.8 Å². The Balaban J connectivity index is 1.48. The number of nitrogens with one attached hydrogen (secondary N) is 2. The van der Waals surface area contributed by atoms with E-state index in [2.05, 4.69) is 50.8 Å². The van der Waals surface area contributed by atoms with Crippen molar-refractivity contribution in [1.29, 1.82) is 5.26 Å². The van der Waals surface area contributed by atoms with Crippen molar-refractivity contribution in [3.63, 3.8) is 0 Å².